The Labute approximate surface area is 167 Å². The maximum Gasteiger partial charge on any atom is 0.321 e. The molecule has 0 atom stereocenters. The second kappa shape index (κ2) is 10.1. The van der Waals surface area contributed by atoms with Gasteiger partial charge in [-0.15, -0.1) is 10.2 Å². The number of thioether (sulfide) groups is 1. The van der Waals surface area contributed by atoms with Crippen LogP contribution in [0.4, 0.5) is 4.79 Å². The number of hydrogen-bond acceptors (Lipinski definition) is 7. The molecule has 150 valence electrons. The zero-order valence-corrected chi connectivity index (χ0v) is 16.6. The minimum absolute atomic E-state index is 0.0124. The molecule has 1 heterocycles. The average molecular weight is 404 g/mol. The third-order valence-corrected chi connectivity index (χ3v) is 5.14. The van der Waals surface area contributed by atoms with E-state index in [9.17, 15) is 9.59 Å². The van der Waals surface area contributed by atoms with Crippen molar-refractivity contribution in [3.63, 3.8) is 0 Å². The standard InChI is InChI=1S/C19H24N4O4S/c1-13-6-5-9-15(10-13)26-11-17-22-23-19(27-17)28-12-16(24)21-18(25)20-14-7-3-2-4-8-14/h5-6,9-10,14H,2-4,7-8,11-12H2,1H3,(H2,20,21,24,25). The molecule has 3 rings (SSSR count). The van der Waals surface area contributed by atoms with Crippen LogP contribution in [0.5, 0.6) is 5.75 Å². The summed E-state index contributed by atoms with van der Waals surface area (Å²) in [5.41, 5.74) is 1.10. The summed E-state index contributed by atoms with van der Waals surface area (Å²) in [4.78, 5) is 23.8. The number of hydrogen-bond donors (Lipinski definition) is 2. The Balaban J connectivity index is 1.37. The maximum atomic E-state index is 11.9. The lowest BCUT2D eigenvalue weighted by atomic mass is 9.96. The van der Waals surface area contributed by atoms with Crippen molar-refractivity contribution in [2.75, 3.05) is 5.75 Å². The van der Waals surface area contributed by atoms with E-state index in [1.54, 1.807) is 0 Å². The SMILES string of the molecule is Cc1cccc(OCc2nnc(SCC(=O)NC(=O)NC3CCCCC3)o2)c1. The summed E-state index contributed by atoms with van der Waals surface area (Å²) in [6, 6.07) is 7.35. The van der Waals surface area contributed by atoms with Crippen molar-refractivity contribution in [2.45, 2.75) is 56.9 Å². The van der Waals surface area contributed by atoms with Crippen molar-refractivity contribution in [3.8, 4) is 5.75 Å². The molecule has 0 unspecified atom stereocenters. The molecule has 1 aliphatic carbocycles. The predicted octanol–water partition coefficient (Wildman–Crippen LogP) is 3.21. The Bertz CT molecular complexity index is 805. The van der Waals surface area contributed by atoms with Gasteiger partial charge in [-0.1, -0.05) is 43.2 Å². The minimum atomic E-state index is -0.449. The first kappa shape index (κ1) is 20.2. The van der Waals surface area contributed by atoms with Gasteiger partial charge in [0.2, 0.25) is 5.91 Å². The van der Waals surface area contributed by atoms with Crippen LogP contribution in [0, 0.1) is 6.92 Å². The quantitative estimate of drug-likeness (QED) is 0.683. The fourth-order valence-electron chi connectivity index (χ4n) is 2.96. The largest absolute Gasteiger partial charge is 0.484 e. The van der Waals surface area contributed by atoms with Crippen molar-refractivity contribution >= 4 is 23.7 Å². The molecule has 0 radical (unpaired) electrons. The number of carbonyl (C=O) groups excluding carboxylic acids is 2. The van der Waals surface area contributed by atoms with Crippen molar-refractivity contribution in [2.24, 2.45) is 0 Å². The Kier molecular flexibility index (Phi) is 7.30. The highest BCUT2D eigenvalue weighted by Crippen LogP contribution is 2.19. The molecule has 28 heavy (non-hydrogen) atoms. The summed E-state index contributed by atoms with van der Waals surface area (Å²) in [5, 5.41) is 13.2. The molecular weight excluding hydrogens is 380 g/mol. The third kappa shape index (κ3) is 6.56. The number of nitrogens with one attached hydrogen (secondary N) is 2. The lowest BCUT2D eigenvalue weighted by Gasteiger charge is -2.22. The summed E-state index contributed by atoms with van der Waals surface area (Å²) in [7, 11) is 0. The van der Waals surface area contributed by atoms with Gasteiger partial charge in [0.15, 0.2) is 6.61 Å². The molecular formula is C19H24N4O4S. The number of urea groups is 1. The van der Waals surface area contributed by atoms with Gasteiger partial charge >= 0.3 is 6.03 Å². The van der Waals surface area contributed by atoms with Crippen LogP contribution >= 0.6 is 11.8 Å². The van der Waals surface area contributed by atoms with E-state index < -0.39 is 11.9 Å². The lowest BCUT2D eigenvalue weighted by molar-refractivity contribution is -0.117. The number of carbonyl (C=O) groups is 2. The Morgan fingerprint density at radius 1 is 1.25 bits per heavy atom. The Hall–Kier alpha value is -2.55. The molecule has 1 aliphatic rings. The van der Waals surface area contributed by atoms with Crippen LogP contribution in [-0.4, -0.2) is 33.9 Å². The topological polar surface area (TPSA) is 106 Å². The first-order valence-corrected chi connectivity index (χ1v) is 10.3. The van der Waals surface area contributed by atoms with E-state index >= 15 is 0 Å². The summed E-state index contributed by atoms with van der Waals surface area (Å²) in [5.74, 6) is 0.641. The average Bonchev–Trinajstić information content (AvgIpc) is 3.13. The number of nitrogens with zero attached hydrogens (tertiary/aromatic N) is 2. The summed E-state index contributed by atoms with van der Waals surface area (Å²) < 4.78 is 11.0. The summed E-state index contributed by atoms with van der Waals surface area (Å²) in [6.45, 7) is 2.13. The fourth-order valence-corrected chi connectivity index (χ4v) is 3.54. The molecule has 0 aliphatic heterocycles. The van der Waals surface area contributed by atoms with E-state index in [1.165, 1.54) is 6.42 Å². The van der Waals surface area contributed by atoms with Crippen LogP contribution < -0.4 is 15.4 Å². The first-order valence-electron chi connectivity index (χ1n) is 9.33. The number of rotatable bonds is 7. The van der Waals surface area contributed by atoms with Gasteiger partial charge in [0.1, 0.15) is 5.75 Å². The van der Waals surface area contributed by atoms with Crippen LogP contribution in [0.15, 0.2) is 33.9 Å². The van der Waals surface area contributed by atoms with E-state index in [2.05, 4.69) is 20.8 Å². The zero-order chi connectivity index (χ0) is 19.8. The number of ether oxygens (including phenoxy) is 1. The highest BCUT2D eigenvalue weighted by atomic mass is 32.2. The molecule has 1 saturated carbocycles. The summed E-state index contributed by atoms with van der Waals surface area (Å²) in [6.07, 6.45) is 5.36. The molecule has 0 bridgehead atoms. The van der Waals surface area contributed by atoms with Gasteiger partial charge in [-0.3, -0.25) is 10.1 Å². The minimum Gasteiger partial charge on any atom is -0.484 e. The number of benzene rings is 1. The smallest absolute Gasteiger partial charge is 0.321 e. The number of amides is 3. The molecule has 1 aromatic heterocycles. The van der Waals surface area contributed by atoms with Crippen molar-refractivity contribution in [1.29, 1.82) is 0 Å². The van der Waals surface area contributed by atoms with Gasteiger partial charge in [-0.05, 0) is 37.5 Å². The van der Waals surface area contributed by atoms with E-state index in [4.69, 9.17) is 9.15 Å². The van der Waals surface area contributed by atoms with Crippen molar-refractivity contribution in [3.05, 3.63) is 35.7 Å². The monoisotopic (exact) mass is 404 g/mol. The molecule has 8 nitrogen and oxygen atoms in total. The molecule has 2 aromatic rings. The second-order valence-corrected chi connectivity index (χ2v) is 7.64. The van der Waals surface area contributed by atoms with E-state index in [1.807, 2.05) is 31.2 Å². The van der Waals surface area contributed by atoms with Crippen molar-refractivity contribution in [1.82, 2.24) is 20.8 Å². The maximum absolute atomic E-state index is 11.9. The van der Waals surface area contributed by atoms with Gasteiger partial charge in [0.25, 0.3) is 11.1 Å². The molecule has 0 saturated heterocycles. The third-order valence-electron chi connectivity index (χ3n) is 4.32. The van der Waals surface area contributed by atoms with Gasteiger partial charge < -0.3 is 14.5 Å². The number of imide groups is 1. The number of aromatic nitrogens is 2. The van der Waals surface area contributed by atoms with Crippen molar-refractivity contribution < 1.29 is 18.7 Å². The molecule has 1 aromatic carbocycles. The molecule has 9 heteroatoms. The molecule has 0 spiro atoms. The normalized spacial score (nSPS) is 14.5. The van der Waals surface area contributed by atoms with Crippen LogP contribution in [0.2, 0.25) is 0 Å². The first-order chi connectivity index (χ1) is 13.6. The van der Waals surface area contributed by atoms with E-state index in [0.717, 1.165) is 48.8 Å². The highest BCUT2D eigenvalue weighted by molar-refractivity contribution is 7.99. The lowest BCUT2D eigenvalue weighted by Crippen LogP contribution is -2.45. The fraction of sp³-hybridized carbons (Fsp3) is 0.474. The highest BCUT2D eigenvalue weighted by Gasteiger charge is 2.17. The van der Waals surface area contributed by atoms with Crippen LogP contribution in [0.25, 0.3) is 0 Å². The molecule has 2 N–H and O–H groups in total. The zero-order valence-electron chi connectivity index (χ0n) is 15.8. The van der Waals surface area contributed by atoms with Gasteiger partial charge in [0, 0.05) is 6.04 Å². The predicted molar refractivity (Wildman–Crippen MR) is 104 cm³/mol. The Morgan fingerprint density at radius 2 is 2.07 bits per heavy atom. The van der Waals surface area contributed by atoms with Crippen LogP contribution in [-0.2, 0) is 11.4 Å². The van der Waals surface area contributed by atoms with Gasteiger partial charge in [-0.2, -0.15) is 0 Å². The van der Waals surface area contributed by atoms with Gasteiger partial charge in [0.05, 0.1) is 5.75 Å². The molecule has 3 amide bonds. The van der Waals surface area contributed by atoms with Gasteiger partial charge in [-0.25, -0.2) is 4.79 Å². The van der Waals surface area contributed by atoms with Crippen LogP contribution in [0.3, 0.4) is 0 Å². The number of aryl methyl sites for hydroxylation is 1. The van der Waals surface area contributed by atoms with Crippen LogP contribution in [0.1, 0.15) is 43.6 Å². The Morgan fingerprint density at radius 3 is 2.86 bits per heavy atom. The van der Waals surface area contributed by atoms with E-state index in [-0.39, 0.29) is 23.6 Å². The second-order valence-electron chi connectivity index (χ2n) is 6.71. The summed E-state index contributed by atoms with van der Waals surface area (Å²) >= 11 is 1.07. The van der Waals surface area contributed by atoms with E-state index in [0.29, 0.717) is 5.89 Å². The molecule has 1 fully saturated rings.